The fraction of sp³-hybridized carbons (Fsp3) is 0.500. The van der Waals surface area contributed by atoms with E-state index in [0.717, 1.165) is 12.6 Å². The molecule has 2 unspecified atom stereocenters. The van der Waals surface area contributed by atoms with Crippen LogP contribution in [0.4, 0.5) is 17.5 Å². The van der Waals surface area contributed by atoms with Gasteiger partial charge >= 0.3 is 5.69 Å². The Morgan fingerprint density at radius 2 is 2.38 bits per heavy atom. The zero-order chi connectivity index (χ0) is 11.7. The molecule has 1 aliphatic carbocycles. The van der Waals surface area contributed by atoms with E-state index >= 15 is 0 Å². The van der Waals surface area contributed by atoms with E-state index in [9.17, 15) is 10.1 Å². The SMILES string of the molecule is CC1CC1Nc1nc(NN)ncc1[N+](=O)[O-]. The number of hydrogen-bond acceptors (Lipinski definition) is 7. The summed E-state index contributed by atoms with van der Waals surface area (Å²) < 4.78 is 0. The molecule has 0 amide bonds. The van der Waals surface area contributed by atoms with E-state index in [1.165, 1.54) is 0 Å². The van der Waals surface area contributed by atoms with Gasteiger partial charge in [0.15, 0.2) is 0 Å². The summed E-state index contributed by atoms with van der Waals surface area (Å²) in [6.07, 6.45) is 2.13. The molecule has 1 fully saturated rings. The van der Waals surface area contributed by atoms with E-state index in [2.05, 4.69) is 27.6 Å². The average Bonchev–Trinajstić information content (AvgIpc) is 2.93. The second-order valence-electron chi connectivity index (χ2n) is 3.79. The monoisotopic (exact) mass is 224 g/mol. The van der Waals surface area contributed by atoms with E-state index in [1.807, 2.05) is 0 Å². The van der Waals surface area contributed by atoms with Gasteiger partial charge in [-0.15, -0.1) is 0 Å². The number of nitrogens with one attached hydrogen (secondary N) is 2. The largest absolute Gasteiger partial charge is 0.361 e. The Morgan fingerprint density at radius 1 is 1.69 bits per heavy atom. The van der Waals surface area contributed by atoms with Crippen LogP contribution in [-0.4, -0.2) is 20.9 Å². The van der Waals surface area contributed by atoms with Crippen molar-refractivity contribution in [1.29, 1.82) is 0 Å². The molecule has 2 atom stereocenters. The van der Waals surface area contributed by atoms with Crippen LogP contribution in [0.25, 0.3) is 0 Å². The molecule has 0 aliphatic heterocycles. The summed E-state index contributed by atoms with van der Waals surface area (Å²) in [5.41, 5.74) is 2.11. The van der Waals surface area contributed by atoms with Gasteiger partial charge in [0, 0.05) is 6.04 Å². The predicted octanol–water partition coefficient (Wildman–Crippen LogP) is 0.491. The first kappa shape index (κ1) is 10.6. The molecule has 2 rings (SSSR count). The Morgan fingerprint density at radius 3 is 2.88 bits per heavy atom. The Bertz CT molecular complexity index is 423. The first-order valence-electron chi connectivity index (χ1n) is 4.86. The lowest BCUT2D eigenvalue weighted by Crippen LogP contribution is -2.14. The maximum Gasteiger partial charge on any atom is 0.329 e. The summed E-state index contributed by atoms with van der Waals surface area (Å²) in [5, 5.41) is 13.7. The smallest absolute Gasteiger partial charge is 0.329 e. The molecule has 0 aromatic carbocycles. The highest BCUT2D eigenvalue weighted by Gasteiger charge is 2.34. The summed E-state index contributed by atoms with van der Waals surface area (Å²) in [4.78, 5) is 17.8. The Balaban J connectivity index is 2.26. The highest BCUT2D eigenvalue weighted by molar-refractivity contribution is 5.58. The first-order chi connectivity index (χ1) is 7.61. The number of nitrogens with zero attached hydrogens (tertiary/aromatic N) is 3. The highest BCUT2D eigenvalue weighted by Crippen LogP contribution is 2.34. The summed E-state index contributed by atoms with van der Waals surface area (Å²) in [7, 11) is 0. The third-order valence-corrected chi connectivity index (χ3v) is 2.53. The number of nitro groups is 1. The van der Waals surface area contributed by atoms with Crippen molar-refractivity contribution in [3.63, 3.8) is 0 Å². The Hall–Kier alpha value is -1.96. The molecule has 86 valence electrons. The molecule has 0 saturated heterocycles. The molecule has 1 heterocycles. The quantitative estimate of drug-likeness (QED) is 0.386. The van der Waals surface area contributed by atoms with Gasteiger partial charge < -0.3 is 5.32 Å². The summed E-state index contributed by atoms with van der Waals surface area (Å²) in [5.74, 6) is 6.03. The van der Waals surface area contributed by atoms with Crippen LogP contribution in [0.5, 0.6) is 0 Å². The normalized spacial score (nSPS) is 22.6. The zero-order valence-electron chi connectivity index (χ0n) is 8.67. The van der Waals surface area contributed by atoms with E-state index in [4.69, 9.17) is 5.84 Å². The minimum absolute atomic E-state index is 0.141. The summed E-state index contributed by atoms with van der Waals surface area (Å²) >= 11 is 0. The average molecular weight is 224 g/mol. The fourth-order valence-corrected chi connectivity index (χ4v) is 1.38. The second kappa shape index (κ2) is 3.89. The molecule has 16 heavy (non-hydrogen) atoms. The van der Waals surface area contributed by atoms with Gasteiger partial charge in [0.25, 0.3) is 0 Å². The van der Waals surface area contributed by atoms with Crippen molar-refractivity contribution < 1.29 is 4.92 Å². The lowest BCUT2D eigenvalue weighted by Gasteiger charge is -2.06. The molecule has 8 heteroatoms. The van der Waals surface area contributed by atoms with Crippen molar-refractivity contribution >= 4 is 17.5 Å². The van der Waals surface area contributed by atoms with Crippen LogP contribution in [0.3, 0.4) is 0 Å². The number of rotatable bonds is 4. The van der Waals surface area contributed by atoms with E-state index < -0.39 is 4.92 Å². The predicted molar refractivity (Wildman–Crippen MR) is 57.7 cm³/mol. The van der Waals surface area contributed by atoms with Crippen molar-refractivity contribution in [2.45, 2.75) is 19.4 Å². The lowest BCUT2D eigenvalue weighted by molar-refractivity contribution is -0.384. The molecule has 0 radical (unpaired) electrons. The second-order valence-corrected chi connectivity index (χ2v) is 3.79. The van der Waals surface area contributed by atoms with Gasteiger partial charge in [0.1, 0.15) is 6.20 Å². The van der Waals surface area contributed by atoms with Gasteiger partial charge in [-0.3, -0.25) is 15.5 Å². The van der Waals surface area contributed by atoms with Crippen LogP contribution in [-0.2, 0) is 0 Å². The maximum absolute atomic E-state index is 10.7. The number of nitrogen functional groups attached to an aromatic ring is 1. The van der Waals surface area contributed by atoms with Crippen molar-refractivity contribution in [1.82, 2.24) is 9.97 Å². The number of hydrazine groups is 1. The summed E-state index contributed by atoms with van der Waals surface area (Å²) in [6, 6.07) is 0.249. The molecular weight excluding hydrogens is 212 g/mol. The highest BCUT2D eigenvalue weighted by atomic mass is 16.6. The maximum atomic E-state index is 10.7. The molecule has 4 N–H and O–H groups in total. The van der Waals surface area contributed by atoms with Gasteiger partial charge in [-0.05, 0) is 12.3 Å². The first-order valence-corrected chi connectivity index (χ1v) is 4.86. The molecular formula is C8H12N6O2. The van der Waals surface area contributed by atoms with Gasteiger partial charge in [-0.2, -0.15) is 4.98 Å². The number of aromatic nitrogens is 2. The van der Waals surface area contributed by atoms with Gasteiger partial charge in [-0.1, -0.05) is 6.92 Å². The topological polar surface area (TPSA) is 119 Å². The molecule has 1 aliphatic rings. The Labute approximate surface area is 91.4 Å². The molecule has 1 aromatic heterocycles. The standard InChI is InChI=1S/C8H12N6O2/c1-4-2-5(4)11-7-6(14(15)16)3-10-8(12-7)13-9/h3-5H,2,9H2,1H3,(H2,10,11,12,13). The number of hydrogen-bond donors (Lipinski definition) is 3. The lowest BCUT2D eigenvalue weighted by atomic mass is 10.4. The third-order valence-electron chi connectivity index (χ3n) is 2.53. The van der Waals surface area contributed by atoms with Crippen molar-refractivity contribution in [2.75, 3.05) is 10.7 Å². The van der Waals surface area contributed by atoms with Gasteiger partial charge in [-0.25, -0.2) is 10.8 Å². The van der Waals surface area contributed by atoms with Crippen LogP contribution in [0.15, 0.2) is 6.20 Å². The van der Waals surface area contributed by atoms with Crippen LogP contribution in [0, 0.1) is 16.0 Å². The van der Waals surface area contributed by atoms with E-state index in [-0.39, 0.29) is 23.5 Å². The summed E-state index contributed by atoms with van der Waals surface area (Å²) in [6.45, 7) is 2.06. The fourth-order valence-electron chi connectivity index (χ4n) is 1.38. The minimum atomic E-state index is -0.518. The molecule has 0 spiro atoms. The van der Waals surface area contributed by atoms with Crippen LogP contribution in [0.1, 0.15) is 13.3 Å². The number of nitrogens with two attached hydrogens (primary N) is 1. The van der Waals surface area contributed by atoms with Gasteiger partial charge in [0.2, 0.25) is 11.8 Å². The van der Waals surface area contributed by atoms with Crippen LogP contribution >= 0.6 is 0 Å². The van der Waals surface area contributed by atoms with Crippen molar-refractivity contribution in [3.8, 4) is 0 Å². The molecule has 0 bridgehead atoms. The van der Waals surface area contributed by atoms with E-state index in [1.54, 1.807) is 0 Å². The van der Waals surface area contributed by atoms with E-state index in [0.29, 0.717) is 5.92 Å². The molecule has 1 aromatic rings. The minimum Gasteiger partial charge on any atom is -0.361 e. The zero-order valence-corrected chi connectivity index (χ0v) is 8.67. The van der Waals surface area contributed by atoms with Crippen LogP contribution < -0.4 is 16.6 Å². The van der Waals surface area contributed by atoms with Gasteiger partial charge in [0.05, 0.1) is 4.92 Å². The van der Waals surface area contributed by atoms with Crippen molar-refractivity contribution in [3.05, 3.63) is 16.3 Å². The molecule has 8 nitrogen and oxygen atoms in total. The number of anilines is 2. The van der Waals surface area contributed by atoms with Crippen molar-refractivity contribution in [2.24, 2.45) is 11.8 Å². The van der Waals surface area contributed by atoms with Crippen LogP contribution in [0.2, 0.25) is 0 Å². The molecule has 1 saturated carbocycles. The third kappa shape index (κ3) is 2.01. The Kier molecular flexibility index (Phi) is 2.57.